The first-order chi connectivity index (χ1) is 14.7. The number of carbonyl (C=O) groups is 1. The van der Waals surface area contributed by atoms with Crippen LogP contribution >= 0.6 is 0 Å². The van der Waals surface area contributed by atoms with Crippen LogP contribution in [-0.2, 0) is 13.0 Å². The van der Waals surface area contributed by atoms with Gasteiger partial charge in [-0.1, -0.05) is 18.2 Å². The van der Waals surface area contributed by atoms with Crippen molar-refractivity contribution in [3.63, 3.8) is 0 Å². The van der Waals surface area contributed by atoms with Gasteiger partial charge in [0.2, 0.25) is 5.95 Å². The molecule has 0 radical (unpaired) electrons. The summed E-state index contributed by atoms with van der Waals surface area (Å²) >= 11 is 0. The minimum atomic E-state index is -0.293. The summed E-state index contributed by atoms with van der Waals surface area (Å²) in [5.41, 5.74) is 2.79. The lowest BCUT2D eigenvalue weighted by Crippen LogP contribution is -2.14. The number of amides is 1. The molecule has 0 saturated carbocycles. The molecule has 0 unspecified atom stereocenters. The summed E-state index contributed by atoms with van der Waals surface area (Å²) in [5, 5.41) is 13.9. The Labute approximate surface area is 170 Å². The lowest BCUT2D eigenvalue weighted by molar-refractivity contribution is 0.102. The maximum atomic E-state index is 14.4. The van der Waals surface area contributed by atoms with E-state index in [1.54, 1.807) is 34.7 Å². The Morgan fingerprint density at radius 3 is 2.93 bits per heavy atom. The molecule has 30 heavy (non-hydrogen) atoms. The van der Waals surface area contributed by atoms with Gasteiger partial charge < -0.3 is 15.4 Å². The van der Waals surface area contributed by atoms with E-state index >= 15 is 0 Å². The zero-order chi connectivity index (χ0) is 20.5. The average molecular weight is 404 g/mol. The van der Waals surface area contributed by atoms with Crippen LogP contribution in [0.2, 0.25) is 0 Å². The lowest BCUT2D eigenvalue weighted by Gasteiger charge is -2.13. The van der Waals surface area contributed by atoms with Gasteiger partial charge in [0, 0.05) is 29.7 Å². The van der Waals surface area contributed by atoms with Crippen LogP contribution in [0.25, 0.3) is 5.65 Å². The maximum Gasteiger partial charge on any atom is 0.255 e. The van der Waals surface area contributed by atoms with E-state index in [9.17, 15) is 9.18 Å². The highest BCUT2D eigenvalue weighted by atomic mass is 19.1. The van der Waals surface area contributed by atoms with Crippen LogP contribution in [-0.4, -0.2) is 32.1 Å². The zero-order valence-corrected chi connectivity index (χ0v) is 15.8. The molecule has 0 spiro atoms. The Hall–Kier alpha value is -4.01. The second kappa shape index (κ2) is 7.43. The van der Waals surface area contributed by atoms with Gasteiger partial charge in [-0.2, -0.15) is 0 Å². The minimum Gasteiger partial charge on any atom is -0.493 e. The molecule has 8 nitrogen and oxygen atoms in total. The zero-order valence-electron chi connectivity index (χ0n) is 15.8. The number of nitrogens with one attached hydrogen (secondary N) is 2. The summed E-state index contributed by atoms with van der Waals surface area (Å²) in [4.78, 5) is 16.8. The van der Waals surface area contributed by atoms with Crippen LogP contribution < -0.4 is 15.4 Å². The number of rotatable bonds is 5. The van der Waals surface area contributed by atoms with Crippen molar-refractivity contribution in [3.8, 4) is 5.75 Å². The van der Waals surface area contributed by atoms with E-state index in [1.807, 2.05) is 6.07 Å². The first kappa shape index (κ1) is 18.0. The lowest BCUT2D eigenvalue weighted by atomic mass is 10.0. The molecule has 2 aromatic carbocycles. The highest BCUT2D eigenvalue weighted by Gasteiger charge is 2.20. The Balaban J connectivity index is 1.40. The van der Waals surface area contributed by atoms with Crippen LogP contribution in [0, 0.1) is 5.82 Å². The van der Waals surface area contributed by atoms with Gasteiger partial charge in [0.25, 0.3) is 5.91 Å². The van der Waals surface area contributed by atoms with E-state index in [2.05, 4.69) is 25.8 Å². The van der Waals surface area contributed by atoms with Gasteiger partial charge in [-0.25, -0.2) is 13.8 Å². The van der Waals surface area contributed by atoms with Crippen LogP contribution in [0.5, 0.6) is 5.75 Å². The number of benzene rings is 2. The Morgan fingerprint density at radius 2 is 2.07 bits per heavy atom. The predicted molar refractivity (Wildman–Crippen MR) is 108 cm³/mol. The van der Waals surface area contributed by atoms with Crippen molar-refractivity contribution >= 4 is 23.2 Å². The van der Waals surface area contributed by atoms with Gasteiger partial charge in [0.05, 0.1) is 12.8 Å². The summed E-state index contributed by atoms with van der Waals surface area (Å²) < 4.78 is 21.5. The number of halogens is 1. The largest absolute Gasteiger partial charge is 0.493 e. The van der Waals surface area contributed by atoms with Crippen molar-refractivity contribution in [2.45, 2.75) is 13.0 Å². The summed E-state index contributed by atoms with van der Waals surface area (Å²) in [6.45, 7) is 0.782. The molecule has 4 aromatic rings. The number of carbonyl (C=O) groups excluding carboxylic acids is 1. The summed E-state index contributed by atoms with van der Waals surface area (Å²) in [7, 11) is 0. The van der Waals surface area contributed by atoms with E-state index in [0.717, 1.165) is 11.3 Å². The molecule has 150 valence electrons. The van der Waals surface area contributed by atoms with Crippen molar-refractivity contribution < 1.29 is 13.9 Å². The normalized spacial score (nSPS) is 12.4. The predicted octanol–water partition coefficient (Wildman–Crippen LogP) is 3.06. The summed E-state index contributed by atoms with van der Waals surface area (Å²) in [6.07, 6.45) is 3.66. The minimum absolute atomic E-state index is 0.231. The molecule has 1 aliphatic rings. The molecule has 1 amide bonds. The second-order valence-corrected chi connectivity index (χ2v) is 6.79. The van der Waals surface area contributed by atoms with Gasteiger partial charge >= 0.3 is 0 Å². The number of ether oxygens (including phenoxy) is 1. The van der Waals surface area contributed by atoms with Crippen LogP contribution in [0.3, 0.4) is 0 Å². The second-order valence-electron chi connectivity index (χ2n) is 6.79. The monoisotopic (exact) mass is 404 g/mol. The molecule has 9 heteroatoms. The SMILES string of the molecule is O=C(Nc1cnc(NCc2c(F)ccc3c2CCO3)n2cnnc12)c1ccccc1. The van der Waals surface area contributed by atoms with E-state index in [4.69, 9.17) is 4.74 Å². The van der Waals surface area contributed by atoms with Crippen molar-refractivity contribution in [2.24, 2.45) is 0 Å². The molecule has 0 bridgehead atoms. The number of fused-ring (bicyclic) bond motifs is 2. The third-order valence-corrected chi connectivity index (χ3v) is 4.98. The maximum absolute atomic E-state index is 14.4. The third-order valence-electron chi connectivity index (χ3n) is 4.98. The van der Waals surface area contributed by atoms with E-state index in [1.165, 1.54) is 18.6 Å². The fourth-order valence-corrected chi connectivity index (χ4v) is 3.50. The first-order valence-corrected chi connectivity index (χ1v) is 9.43. The molecule has 0 aliphatic carbocycles. The number of hydrogen-bond acceptors (Lipinski definition) is 6. The van der Waals surface area contributed by atoms with E-state index in [-0.39, 0.29) is 18.3 Å². The number of nitrogens with zero attached hydrogens (tertiary/aromatic N) is 4. The van der Waals surface area contributed by atoms with Crippen molar-refractivity contribution in [2.75, 3.05) is 17.2 Å². The average Bonchev–Trinajstić information content (AvgIpc) is 3.45. The van der Waals surface area contributed by atoms with Crippen LogP contribution in [0.4, 0.5) is 16.0 Å². The van der Waals surface area contributed by atoms with Gasteiger partial charge in [-0.3, -0.25) is 4.79 Å². The van der Waals surface area contributed by atoms with Gasteiger partial charge in [0.15, 0.2) is 5.65 Å². The highest BCUT2D eigenvalue weighted by molar-refractivity contribution is 6.05. The highest BCUT2D eigenvalue weighted by Crippen LogP contribution is 2.30. The van der Waals surface area contributed by atoms with E-state index < -0.39 is 0 Å². The fraction of sp³-hybridized carbons (Fsp3) is 0.143. The van der Waals surface area contributed by atoms with E-state index in [0.29, 0.717) is 41.4 Å². The van der Waals surface area contributed by atoms with Gasteiger partial charge in [0.1, 0.15) is 23.6 Å². The summed E-state index contributed by atoms with van der Waals surface area (Å²) in [5.74, 6) is 0.585. The number of aromatic nitrogens is 4. The molecule has 0 atom stereocenters. The van der Waals surface area contributed by atoms with Gasteiger partial charge in [-0.05, 0) is 24.3 Å². The molecule has 1 aliphatic heterocycles. The fourth-order valence-electron chi connectivity index (χ4n) is 3.50. The molecular weight excluding hydrogens is 387 g/mol. The smallest absolute Gasteiger partial charge is 0.255 e. The molecule has 2 N–H and O–H groups in total. The Morgan fingerprint density at radius 1 is 1.20 bits per heavy atom. The molecular formula is C21H17FN6O2. The molecule has 2 aromatic heterocycles. The van der Waals surface area contributed by atoms with Crippen molar-refractivity contribution in [1.29, 1.82) is 0 Å². The standard InChI is InChI=1S/C21H17FN6O2/c22-16-6-7-18-14(8-9-30-18)15(16)10-23-21-24-11-17(19-27-25-12-28(19)21)26-20(29)13-4-2-1-3-5-13/h1-7,11-12H,8-10H2,(H,23,24)(H,26,29). The van der Waals surface area contributed by atoms with Gasteiger partial charge in [-0.15, -0.1) is 10.2 Å². The van der Waals surface area contributed by atoms with Crippen LogP contribution in [0.15, 0.2) is 55.0 Å². The number of hydrogen-bond donors (Lipinski definition) is 2. The third kappa shape index (κ3) is 3.20. The Bertz CT molecular complexity index is 1240. The van der Waals surface area contributed by atoms with Crippen LogP contribution in [0.1, 0.15) is 21.5 Å². The Kier molecular flexibility index (Phi) is 4.47. The van der Waals surface area contributed by atoms with Crippen molar-refractivity contribution in [3.05, 3.63) is 77.5 Å². The van der Waals surface area contributed by atoms with Crippen molar-refractivity contribution in [1.82, 2.24) is 19.6 Å². The summed E-state index contributed by atoms with van der Waals surface area (Å²) in [6, 6.07) is 11.9. The topological polar surface area (TPSA) is 93.4 Å². The first-order valence-electron chi connectivity index (χ1n) is 9.43. The molecule has 0 fully saturated rings. The molecule has 0 saturated heterocycles. The molecule has 3 heterocycles. The number of anilines is 2. The molecule has 5 rings (SSSR count). The quantitative estimate of drug-likeness (QED) is 0.531.